The average molecular weight is 495 g/mol. The second-order valence-electron chi connectivity index (χ2n) is 8.92. The van der Waals surface area contributed by atoms with Gasteiger partial charge in [0.2, 0.25) is 0 Å². The fourth-order valence-electron chi connectivity index (χ4n) is 4.58. The van der Waals surface area contributed by atoms with Gasteiger partial charge in [0.25, 0.3) is 0 Å². The van der Waals surface area contributed by atoms with E-state index in [-0.39, 0.29) is 8.41 Å². The first-order chi connectivity index (χ1) is 18.7. The summed E-state index contributed by atoms with van der Waals surface area (Å²) in [5, 5.41) is 10.2. The van der Waals surface area contributed by atoms with Gasteiger partial charge in [-0.3, -0.25) is 0 Å². The summed E-state index contributed by atoms with van der Waals surface area (Å²) in [7, 11) is 0. The lowest BCUT2D eigenvalue weighted by Gasteiger charge is -2.11. The maximum Gasteiger partial charge on any atom is 0.187 e. The molecule has 0 aliphatic rings. The molecule has 5 aromatic carbocycles. The lowest BCUT2D eigenvalue weighted by Crippen LogP contribution is -1.95. The van der Waals surface area contributed by atoms with Gasteiger partial charge in [-0.05, 0) is 46.5 Å². The first-order valence-corrected chi connectivity index (χ1v) is 12.2. The molecule has 0 atom stereocenters. The van der Waals surface area contributed by atoms with E-state index in [4.69, 9.17) is 16.5 Å². The van der Waals surface area contributed by atoms with Crippen LogP contribution in [0, 0.1) is 17.9 Å². The molecule has 0 bridgehead atoms. The molecule has 179 valence electrons. The third kappa shape index (κ3) is 5.03. The largest absolute Gasteiger partial charge is 0.238 e. The van der Waals surface area contributed by atoms with Crippen LogP contribution in [0.2, 0.25) is 0 Å². The Labute approximate surface area is 229 Å². The number of benzene rings is 5. The number of para-hydroxylation sites is 1. The summed E-state index contributed by atoms with van der Waals surface area (Å²) >= 11 is 0. The fraction of sp³-hybridized carbons (Fsp3) is 0. The van der Waals surface area contributed by atoms with E-state index < -0.39 is 0 Å². The van der Waals surface area contributed by atoms with Crippen LogP contribution >= 0.6 is 0 Å². The number of hydrogen-bond donors (Lipinski definition) is 0. The molecule has 3 radical (unpaired) electrons. The number of nitrogens with zero attached hydrogens (tertiary/aromatic N) is 4. The molecule has 0 saturated carbocycles. The lowest BCUT2D eigenvalue weighted by molar-refractivity contribution is 1.23. The second-order valence-corrected chi connectivity index (χ2v) is 8.92. The second kappa shape index (κ2) is 10.8. The van der Waals surface area contributed by atoms with Gasteiger partial charge in [-0.2, -0.15) is 5.26 Å². The van der Waals surface area contributed by atoms with Gasteiger partial charge >= 0.3 is 0 Å². The van der Waals surface area contributed by atoms with Crippen molar-refractivity contribution in [2.45, 2.75) is 0 Å². The highest BCUT2D eigenvalue weighted by Crippen LogP contribution is 2.32. The summed E-state index contributed by atoms with van der Waals surface area (Å²) in [4.78, 5) is 13.4. The van der Waals surface area contributed by atoms with Gasteiger partial charge in [0.1, 0.15) is 0 Å². The topological polar surface area (TPSA) is 53.9 Å². The van der Waals surface area contributed by atoms with E-state index in [2.05, 4.69) is 35.2 Å². The smallest absolute Gasteiger partial charge is 0.187 e. The molecule has 4 nitrogen and oxygen atoms in total. The van der Waals surface area contributed by atoms with E-state index in [9.17, 15) is 5.26 Å². The van der Waals surface area contributed by atoms with Crippen LogP contribution in [0.1, 0.15) is 5.56 Å². The van der Waals surface area contributed by atoms with E-state index >= 15 is 0 Å². The quantitative estimate of drug-likeness (QED) is 0.182. The van der Waals surface area contributed by atoms with Crippen molar-refractivity contribution in [2.24, 2.45) is 0 Å². The van der Waals surface area contributed by atoms with Gasteiger partial charge in [0, 0.05) is 24.9 Å². The van der Waals surface area contributed by atoms with Crippen molar-refractivity contribution in [1.82, 2.24) is 9.97 Å². The summed E-state index contributed by atoms with van der Waals surface area (Å²) in [6.45, 7) is 7.29. The molecule has 5 heteroatoms. The Kier molecular flexibility index (Phi) is 6.99. The first kappa shape index (κ1) is 25.1. The van der Waals surface area contributed by atoms with Crippen molar-refractivity contribution >= 4 is 25.0 Å². The van der Waals surface area contributed by atoms with Crippen molar-refractivity contribution in [3.05, 3.63) is 138 Å². The Morgan fingerprint density at radius 3 is 1.90 bits per heavy atom. The van der Waals surface area contributed by atoms with Crippen molar-refractivity contribution < 1.29 is 0 Å². The molecule has 0 amide bonds. The standard InChI is InChI=1S/C34H20N4.B/c1-36-30-9-5-8-29(21-30)25-12-16-26(17-13-25)33-31-10-2-3-11-32(31)37-34(38-33)27-18-14-24(15-19-27)28-7-4-6-23(20-28)22-35;/h2-21H;. The Morgan fingerprint density at radius 2 is 1.21 bits per heavy atom. The van der Waals surface area contributed by atoms with E-state index in [1.54, 1.807) is 6.07 Å². The molecule has 0 N–H and O–H groups in total. The summed E-state index contributed by atoms with van der Waals surface area (Å²) in [6.07, 6.45) is 0. The minimum Gasteiger partial charge on any atom is -0.238 e. The van der Waals surface area contributed by atoms with Gasteiger partial charge in [0.05, 0.1) is 29.4 Å². The van der Waals surface area contributed by atoms with Gasteiger partial charge in [-0.25, -0.2) is 14.8 Å². The van der Waals surface area contributed by atoms with Crippen LogP contribution in [0.25, 0.3) is 60.6 Å². The Hall–Kier alpha value is -5.52. The van der Waals surface area contributed by atoms with Crippen molar-refractivity contribution in [2.75, 3.05) is 0 Å². The normalized spacial score (nSPS) is 10.3. The fourth-order valence-corrected chi connectivity index (χ4v) is 4.58. The third-order valence-electron chi connectivity index (χ3n) is 6.54. The van der Waals surface area contributed by atoms with Crippen molar-refractivity contribution in [3.8, 4) is 51.0 Å². The predicted molar refractivity (Wildman–Crippen MR) is 158 cm³/mol. The molecule has 0 aliphatic carbocycles. The molecule has 0 spiro atoms. The predicted octanol–water partition coefficient (Wildman–Crippen LogP) is 8.34. The zero-order valence-electron chi connectivity index (χ0n) is 20.9. The Balaban J connectivity index is 0.00000308. The molecule has 1 aromatic heterocycles. The van der Waals surface area contributed by atoms with E-state index in [1.165, 1.54) is 0 Å². The SMILES string of the molecule is [B].[C-]#[N+]c1cccc(-c2ccc(-c3nc(-c4ccc(-c5cccc(C#N)c5)cc4)nc4ccccc34)cc2)c1. The maximum atomic E-state index is 9.23. The summed E-state index contributed by atoms with van der Waals surface area (Å²) < 4.78 is 0. The molecule has 1 heterocycles. The van der Waals surface area contributed by atoms with Crippen molar-refractivity contribution in [3.63, 3.8) is 0 Å². The molecule has 6 aromatic rings. The molecule has 6 rings (SSSR count). The molecular formula is C34H20BN4. The summed E-state index contributed by atoms with van der Waals surface area (Å²) in [5.41, 5.74) is 9.03. The van der Waals surface area contributed by atoms with Gasteiger partial charge in [0.15, 0.2) is 11.5 Å². The minimum atomic E-state index is 0. The number of hydrogen-bond acceptors (Lipinski definition) is 3. The van der Waals surface area contributed by atoms with E-state index in [0.717, 1.165) is 50.0 Å². The number of rotatable bonds is 4. The van der Waals surface area contributed by atoms with Crippen LogP contribution in [0.15, 0.2) is 121 Å². The Morgan fingerprint density at radius 1 is 0.590 bits per heavy atom. The van der Waals surface area contributed by atoms with Crippen LogP contribution in [-0.4, -0.2) is 18.4 Å². The minimum absolute atomic E-state index is 0. The van der Waals surface area contributed by atoms with E-state index in [1.807, 2.05) is 91.0 Å². The summed E-state index contributed by atoms with van der Waals surface area (Å²) in [6, 6.07) is 41.9. The van der Waals surface area contributed by atoms with Gasteiger partial charge in [-0.15, -0.1) is 0 Å². The number of nitriles is 1. The summed E-state index contributed by atoms with van der Waals surface area (Å²) in [5.74, 6) is 0.657. The molecule has 0 unspecified atom stereocenters. The monoisotopic (exact) mass is 495 g/mol. The number of aromatic nitrogens is 2. The van der Waals surface area contributed by atoms with Crippen molar-refractivity contribution in [1.29, 1.82) is 5.26 Å². The van der Waals surface area contributed by atoms with Crippen LogP contribution in [0.5, 0.6) is 0 Å². The molecule has 0 aliphatic heterocycles. The lowest BCUT2D eigenvalue weighted by atomic mass is 10.00. The van der Waals surface area contributed by atoms with E-state index in [0.29, 0.717) is 17.1 Å². The van der Waals surface area contributed by atoms with Crippen LogP contribution in [0.4, 0.5) is 5.69 Å². The van der Waals surface area contributed by atoms with Crippen LogP contribution in [-0.2, 0) is 0 Å². The zero-order valence-corrected chi connectivity index (χ0v) is 20.9. The average Bonchev–Trinajstić information content (AvgIpc) is 3.00. The molecule has 0 saturated heterocycles. The van der Waals surface area contributed by atoms with Gasteiger partial charge < -0.3 is 0 Å². The zero-order chi connectivity index (χ0) is 25.9. The molecule has 0 fully saturated rings. The van der Waals surface area contributed by atoms with Gasteiger partial charge in [-0.1, -0.05) is 97.1 Å². The number of fused-ring (bicyclic) bond motifs is 1. The molecular weight excluding hydrogens is 475 g/mol. The highest BCUT2D eigenvalue weighted by molar-refractivity contribution is 5.94. The first-order valence-electron chi connectivity index (χ1n) is 12.2. The molecule has 39 heavy (non-hydrogen) atoms. The van der Waals surface area contributed by atoms with Crippen LogP contribution in [0.3, 0.4) is 0 Å². The highest BCUT2D eigenvalue weighted by atomic mass is 14.9. The maximum absolute atomic E-state index is 9.23. The van der Waals surface area contributed by atoms with Crippen LogP contribution < -0.4 is 0 Å². The Bertz CT molecular complexity index is 1880. The highest BCUT2D eigenvalue weighted by Gasteiger charge is 2.12. The third-order valence-corrected chi connectivity index (χ3v) is 6.54.